The van der Waals surface area contributed by atoms with E-state index in [1.165, 1.54) is 11.8 Å². The predicted octanol–water partition coefficient (Wildman–Crippen LogP) is 3.72. The molecule has 3 aromatic rings. The molecule has 4 nitrogen and oxygen atoms in total. The SMILES string of the molecule is Cc1cccc(C)c1OCCSc1nc2ccccc2c(=O)n1C. The summed E-state index contributed by atoms with van der Waals surface area (Å²) in [5.41, 5.74) is 2.99. The summed E-state index contributed by atoms with van der Waals surface area (Å²) in [5, 5.41) is 1.36. The van der Waals surface area contributed by atoms with E-state index in [0.29, 0.717) is 17.1 Å². The van der Waals surface area contributed by atoms with Crippen LogP contribution >= 0.6 is 11.8 Å². The van der Waals surface area contributed by atoms with Crippen LogP contribution in [-0.2, 0) is 7.05 Å². The minimum Gasteiger partial charge on any atom is -0.492 e. The molecule has 1 aromatic heterocycles. The van der Waals surface area contributed by atoms with Crippen molar-refractivity contribution >= 4 is 22.7 Å². The van der Waals surface area contributed by atoms with Crippen molar-refractivity contribution < 1.29 is 4.74 Å². The van der Waals surface area contributed by atoms with Gasteiger partial charge in [-0.05, 0) is 37.1 Å². The Kier molecular flexibility index (Phi) is 4.90. The van der Waals surface area contributed by atoms with E-state index in [0.717, 1.165) is 28.1 Å². The molecule has 5 heteroatoms. The van der Waals surface area contributed by atoms with Gasteiger partial charge in [0.05, 0.1) is 17.5 Å². The van der Waals surface area contributed by atoms with E-state index in [1.807, 2.05) is 56.3 Å². The molecular formula is C19H20N2O2S. The monoisotopic (exact) mass is 340 g/mol. The molecule has 24 heavy (non-hydrogen) atoms. The number of hydrogen-bond acceptors (Lipinski definition) is 4. The number of thioether (sulfide) groups is 1. The van der Waals surface area contributed by atoms with Crippen molar-refractivity contribution in [1.29, 1.82) is 0 Å². The van der Waals surface area contributed by atoms with Crippen LogP contribution in [0.15, 0.2) is 52.4 Å². The second-order valence-electron chi connectivity index (χ2n) is 5.69. The Morgan fingerprint density at radius 3 is 2.54 bits per heavy atom. The highest BCUT2D eigenvalue weighted by atomic mass is 32.2. The lowest BCUT2D eigenvalue weighted by Gasteiger charge is -2.12. The summed E-state index contributed by atoms with van der Waals surface area (Å²) >= 11 is 1.53. The first-order chi connectivity index (χ1) is 11.6. The molecule has 0 aliphatic heterocycles. The van der Waals surface area contributed by atoms with E-state index in [1.54, 1.807) is 11.6 Å². The molecule has 0 aliphatic rings. The second kappa shape index (κ2) is 7.09. The van der Waals surface area contributed by atoms with Gasteiger partial charge in [-0.25, -0.2) is 4.98 Å². The van der Waals surface area contributed by atoms with Gasteiger partial charge in [0, 0.05) is 12.8 Å². The van der Waals surface area contributed by atoms with Crippen LogP contribution in [0.1, 0.15) is 11.1 Å². The van der Waals surface area contributed by atoms with E-state index in [-0.39, 0.29) is 5.56 Å². The number of rotatable bonds is 5. The van der Waals surface area contributed by atoms with E-state index in [4.69, 9.17) is 4.74 Å². The highest BCUT2D eigenvalue weighted by molar-refractivity contribution is 7.99. The van der Waals surface area contributed by atoms with Gasteiger partial charge in [-0.1, -0.05) is 42.1 Å². The van der Waals surface area contributed by atoms with Crippen LogP contribution in [-0.4, -0.2) is 21.9 Å². The number of nitrogens with zero attached hydrogens (tertiary/aromatic N) is 2. The molecule has 0 spiro atoms. The smallest absolute Gasteiger partial charge is 0.261 e. The van der Waals surface area contributed by atoms with Crippen LogP contribution in [0.2, 0.25) is 0 Å². The third kappa shape index (κ3) is 3.31. The van der Waals surface area contributed by atoms with E-state index in [9.17, 15) is 4.79 Å². The molecule has 0 atom stereocenters. The average Bonchev–Trinajstić information content (AvgIpc) is 2.58. The van der Waals surface area contributed by atoms with Crippen molar-refractivity contribution in [2.24, 2.45) is 7.05 Å². The summed E-state index contributed by atoms with van der Waals surface area (Å²) in [5.74, 6) is 1.67. The molecule has 0 saturated heterocycles. The second-order valence-corrected chi connectivity index (χ2v) is 6.76. The first-order valence-corrected chi connectivity index (χ1v) is 8.84. The largest absolute Gasteiger partial charge is 0.492 e. The quantitative estimate of drug-likeness (QED) is 0.403. The zero-order valence-electron chi connectivity index (χ0n) is 14.1. The van der Waals surface area contributed by atoms with Crippen LogP contribution in [0.5, 0.6) is 5.75 Å². The third-order valence-corrected chi connectivity index (χ3v) is 4.91. The lowest BCUT2D eigenvalue weighted by molar-refractivity contribution is 0.339. The molecule has 0 unspecified atom stereocenters. The molecule has 0 amide bonds. The van der Waals surface area contributed by atoms with Crippen LogP contribution in [0.25, 0.3) is 10.9 Å². The van der Waals surface area contributed by atoms with Crippen LogP contribution in [0, 0.1) is 13.8 Å². The Hall–Kier alpha value is -2.27. The molecule has 124 valence electrons. The Bertz CT molecular complexity index is 914. The number of aromatic nitrogens is 2. The van der Waals surface area contributed by atoms with Crippen molar-refractivity contribution in [1.82, 2.24) is 9.55 Å². The van der Waals surface area contributed by atoms with Gasteiger partial charge in [0.2, 0.25) is 0 Å². The van der Waals surface area contributed by atoms with Crippen molar-refractivity contribution in [3.05, 3.63) is 63.9 Å². The molecule has 3 rings (SSSR count). The fraction of sp³-hybridized carbons (Fsp3) is 0.263. The van der Waals surface area contributed by atoms with Crippen LogP contribution in [0.3, 0.4) is 0 Å². The van der Waals surface area contributed by atoms with Gasteiger partial charge in [0.15, 0.2) is 5.16 Å². The Morgan fingerprint density at radius 2 is 1.79 bits per heavy atom. The first-order valence-electron chi connectivity index (χ1n) is 7.85. The normalized spacial score (nSPS) is 11.0. The summed E-state index contributed by atoms with van der Waals surface area (Å²) in [4.78, 5) is 17.0. The van der Waals surface area contributed by atoms with Gasteiger partial charge in [-0.15, -0.1) is 0 Å². The van der Waals surface area contributed by atoms with Gasteiger partial charge in [-0.2, -0.15) is 0 Å². The van der Waals surface area contributed by atoms with Crippen molar-refractivity contribution in [3.8, 4) is 5.75 Å². The Labute approximate surface area is 145 Å². The fourth-order valence-corrected chi connectivity index (χ4v) is 3.42. The van der Waals surface area contributed by atoms with Crippen molar-refractivity contribution in [2.45, 2.75) is 19.0 Å². The Morgan fingerprint density at radius 1 is 1.08 bits per heavy atom. The minimum absolute atomic E-state index is 0.0150. The summed E-state index contributed by atoms with van der Waals surface area (Å²) in [6, 6.07) is 13.6. The number of benzene rings is 2. The van der Waals surface area contributed by atoms with Gasteiger partial charge < -0.3 is 4.74 Å². The summed E-state index contributed by atoms with van der Waals surface area (Å²) in [7, 11) is 1.76. The van der Waals surface area contributed by atoms with Gasteiger partial charge in [0.25, 0.3) is 5.56 Å². The zero-order valence-corrected chi connectivity index (χ0v) is 14.9. The average molecular weight is 340 g/mol. The molecule has 0 aliphatic carbocycles. The predicted molar refractivity (Wildman–Crippen MR) is 99.1 cm³/mol. The lowest BCUT2D eigenvalue weighted by Crippen LogP contribution is -2.20. The molecule has 1 heterocycles. The van der Waals surface area contributed by atoms with Gasteiger partial charge >= 0.3 is 0 Å². The maximum atomic E-state index is 12.4. The Balaban J connectivity index is 1.70. The number of ether oxygens (including phenoxy) is 1. The fourth-order valence-electron chi connectivity index (χ4n) is 2.63. The van der Waals surface area contributed by atoms with Crippen molar-refractivity contribution in [3.63, 3.8) is 0 Å². The third-order valence-electron chi connectivity index (χ3n) is 3.91. The maximum Gasteiger partial charge on any atom is 0.261 e. The number of aryl methyl sites for hydroxylation is 2. The molecule has 0 bridgehead atoms. The summed E-state index contributed by atoms with van der Waals surface area (Å²) in [6.45, 7) is 4.66. The molecular weight excluding hydrogens is 320 g/mol. The number of fused-ring (bicyclic) bond motifs is 1. The standard InChI is InChI=1S/C19H20N2O2S/c1-13-7-6-8-14(2)17(13)23-11-12-24-19-20-16-10-5-4-9-15(16)18(22)21(19)3/h4-10H,11-12H2,1-3H3. The van der Waals surface area contributed by atoms with Gasteiger partial charge in [0.1, 0.15) is 5.75 Å². The maximum absolute atomic E-state index is 12.4. The van der Waals surface area contributed by atoms with E-state index < -0.39 is 0 Å². The van der Waals surface area contributed by atoms with E-state index in [2.05, 4.69) is 4.98 Å². The molecule has 0 fully saturated rings. The topological polar surface area (TPSA) is 44.1 Å². The molecule has 0 radical (unpaired) electrons. The number of para-hydroxylation sites is 2. The highest BCUT2D eigenvalue weighted by Gasteiger charge is 2.09. The van der Waals surface area contributed by atoms with E-state index >= 15 is 0 Å². The summed E-state index contributed by atoms with van der Waals surface area (Å²) < 4.78 is 7.51. The molecule has 2 aromatic carbocycles. The minimum atomic E-state index is -0.0150. The number of hydrogen-bond donors (Lipinski definition) is 0. The molecule has 0 saturated carbocycles. The van der Waals surface area contributed by atoms with Crippen molar-refractivity contribution in [2.75, 3.05) is 12.4 Å². The molecule has 0 N–H and O–H groups in total. The zero-order chi connectivity index (χ0) is 17.1. The highest BCUT2D eigenvalue weighted by Crippen LogP contribution is 2.23. The van der Waals surface area contributed by atoms with Gasteiger partial charge in [-0.3, -0.25) is 9.36 Å². The summed E-state index contributed by atoms with van der Waals surface area (Å²) in [6.07, 6.45) is 0. The first kappa shape index (κ1) is 16.6. The van der Waals surface area contributed by atoms with Crippen LogP contribution in [0.4, 0.5) is 0 Å². The van der Waals surface area contributed by atoms with Crippen LogP contribution < -0.4 is 10.3 Å². The lowest BCUT2D eigenvalue weighted by atomic mass is 10.1.